The predicted molar refractivity (Wildman–Crippen MR) is 100 cm³/mol. The van der Waals surface area contributed by atoms with E-state index in [1.807, 2.05) is 35.2 Å². The summed E-state index contributed by atoms with van der Waals surface area (Å²) in [5, 5.41) is 0. The molecule has 2 fully saturated rings. The number of amides is 1. The zero-order valence-electron chi connectivity index (χ0n) is 15.7. The highest BCUT2D eigenvalue weighted by atomic mass is 16.5. The van der Waals surface area contributed by atoms with Crippen LogP contribution in [0.2, 0.25) is 0 Å². The van der Waals surface area contributed by atoms with E-state index < -0.39 is 0 Å². The third kappa shape index (κ3) is 4.24. The van der Waals surface area contributed by atoms with Gasteiger partial charge in [0.2, 0.25) is 0 Å². The Bertz CT molecular complexity index is 744. The van der Waals surface area contributed by atoms with Gasteiger partial charge in [-0.3, -0.25) is 9.69 Å². The summed E-state index contributed by atoms with van der Waals surface area (Å²) in [5.41, 5.74) is 2.97. The molecule has 6 heteroatoms. The Morgan fingerprint density at radius 1 is 1.15 bits per heavy atom. The van der Waals surface area contributed by atoms with Crippen LogP contribution in [0.4, 0.5) is 0 Å². The normalized spacial score (nSPS) is 23.2. The minimum atomic E-state index is 0.0806. The summed E-state index contributed by atoms with van der Waals surface area (Å²) < 4.78 is 16.4. The number of benzene rings is 1. The van der Waals surface area contributed by atoms with Gasteiger partial charge in [0.25, 0.3) is 5.91 Å². The average Bonchev–Trinajstić information content (AvgIpc) is 3.29. The van der Waals surface area contributed by atoms with Crippen LogP contribution in [0.1, 0.15) is 21.5 Å². The van der Waals surface area contributed by atoms with Crippen molar-refractivity contribution in [1.82, 2.24) is 9.80 Å². The second-order valence-electron chi connectivity index (χ2n) is 7.38. The van der Waals surface area contributed by atoms with E-state index in [0.717, 1.165) is 37.3 Å². The molecule has 0 bridgehead atoms. The zero-order valence-corrected chi connectivity index (χ0v) is 15.7. The van der Waals surface area contributed by atoms with Gasteiger partial charge in [-0.15, -0.1) is 0 Å². The molecule has 1 aromatic heterocycles. The molecule has 2 atom stereocenters. The van der Waals surface area contributed by atoms with Gasteiger partial charge in [0.1, 0.15) is 0 Å². The second-order valence-corrected chi connectivity index (χ2v) is 7.38. The Morgan fingerprint density at radius 3 is 2.74 bits per heavy atom. The largest absolute Gasteiger partial charge is 0.472 e. The van der Waals surface area contributed by atoms with Crippen LogP contribution in [-0.2, 0) is 22.6 Å². The van der Waals surface area contributed by atoms with Crippen molar-refractivity contribution in [1.29, 1.82) is 0 Å². The van der Waals surface area contributed by atoms with Crippen molar-refractivity contribution in [3.63, 3.8) is 0 Å². The number of likely N-dealkylation sites (tertiary alicyclic amines) is 1. The molecule has 6 nitrogen and oxygen atoms in total. The summed E-state index contributed by atoms with van der Waals surface area (Å²) in [4.78, 5) is 17.2. The summed E-state index contributed by atoms with van der Waals surface area (Å²) >= 11 is 0. The quantitative estimate of drug-likeness (QED) is 0.809. The van der Waals surface area contributed by atoms with Crippen molar-refractivity contribution in [3.05, 3.63) is 59.5 Å². The van der Waals surface area contributed by atoms with E-state index in [1.54, 1.807) is 19.6 Å². The Morgan fingerprint density at radius 2 is 2.00 bits per heavy atom. The summed E-state index contributed by atoms with van der Waals surface area (Å²) in [5.74, 6) is 0.424. The molecule has 0 N–H and O–H groups in total. The van der Waals surface area contributed by atoms with Gasteiger partial charge < -0.3 is 18.8 Å². The maximum absolute atomic E-state index is 12.9. The van der Waals surface area contributed by atoms with Gasteiger partial charge in [-0.1, -0.05) is 12.1 Å². The van der Waals surface area contributed by atoms with Gasteiger partial charge in [0.15, 0.2) is 0 Å². The van der Waals surface area contributed by atoms with Crippen LogP contribution < -0.4 is 0 Å². The molecule has 0 saturated carbocycles. The van der Waals surface area contributed by atoms with E-state index in [9.17, 15) is 4.79 Å². The fraction of sp³-hybridized carbons (Fsp3) is 0.476. The Labute approximate surface area is 159 Å². The van der Waals surface area contributed by atoms with Crippen LogP contribution in [0.3, 0.4) is 0 Å². The molecule has 144 valence electrons. The monoisotopic (exact) mass is 370 g/mol. The summed E-state index contributed by atoms with van der Waals surface area (Å²) in [6, 6.07) is 9.68. The Hall–Kier alpha value is -2.15. The molecule has 0 spiro atoms. The van der Waals surface area contributed by atoms with E-state index >= 15 is 0 Å². The van der Waals surface area contributed by atoms with Crippen molar-refractivity contribution < 1.29 is 18.7 Å². The zero-order chi connectivity index (χ0) is 18.6. The number of carbonyl (C=O) groups excluding carboxylic acids is 1. The molecule has 2 saturated heterocycles. The van der Waals surface area contributed by atoms with Crippen molar-refractivity contribution in [2.24, 2.45) is 5.92 Å². The average molecular weight is 370 g/mol. The fourth-order valence-electron chi connectivity index (χ4n) is 4.00. The van der Waals surface area contributed by atoms with Gasteiger partial charge in [-0.2, -0.15) is 0 Å². The Kier molecular flexibility index (Phi) is 5.57. The van der Waals surface area contributed by atoms with Crippen LogP contribution in [0.25, 0.3) is 0 Å². The smallest absolute Gasteiger partial charge is 0.253 e. The minimum Gasteiger partial charge on any atom is -0.472 e. The fourth-order valence-corrected chi connectivity index (χ4v) is 4.00. The number of hydrogen-bond donors (Lipinski definition) is 0. The van der Waals surface area contributed by atoms with Crippen LogP contribution in [0.5, 0.6) is 0 Å². The molecule has 1 amide bonds. The maximum Gasteiger partial charge on any atom is 0.253 e. The third-order valence-corrected chi connectivity index (χ3v) is 5.40. The van der Waals surface area contributed by atoms with Crippen LogP contribution in [0.15, 0.2) is 47.3 Å². The lowest BCUT2D eigenvalue weighted by molar-refractivity contribution is 0.0483. The number of furan rings is 1. The molecular weight excluding hydrogens is 344 g/mol. The maximum atomic E-state index is 12.9. The first-order valence-corrected chi connectivity index (χ1v) is 9.45. The van der Waals surface area contributed by atoms with Crippen molar-refractivity contribution >= 4 is 5.91 Å². The van der Waals surface area contributed by atoms with Crippen molar-refractivity contribution in [2.75, 3.05) is 39.9 Å². The summed E-state index contributed by atoms with van der Waals surface area (Å²) in [6.45, 7) is 5.38. The lowest BCUT2D eigenvalue weighted by Crippen LogP contribution is -2.33. The highest BCUT2D eigenvalue weighted by molar-refractivity contribution is 5.94. The summed E-state index contributed by atoms with van der Waals surface area (Å²) in [6.07, 6.45) is 3.62. The van der Waals surface area contributed by atoms with E-state index in [0.29, 0.717) is 25.7 Å². The molecule has 2 aromatic rings. The van der Waals surface area contributed by atoms with Crippen LogP contribution in [0, 0.1) is 5.92 Å². The molecule has 4 rings (SSSR count). The number of rotatable bonds is 5. The summed E-state index contributed by atoms with van der Waals surface area (Å²) in [7, 11) is 1.67. The SMILES string of the molecule is COCc1ccc(C(=O)N2C[C@@H]3CN(Cc4ccoc4)CCO[C@@H]3C2)cc1. The Balaban J connectivity index is 1.38. The molecule has 0 radical (unpaired) electrons. The van der Waals surface area contributed by atoms with Gasteiger partial charge in [0, 0.05) is 56.9 Å². The first-order chi connectivity index (χ1) is 13.2. The molecule has 0 unspecified atom stereocenters. The molecule has 0 aliphatic carbocycles. The topological polar surface area (TPSA) is 55.2 Å². The second kappa shape index (κ2) is 8.25. The molecule has 2 aliphatic rings. The lowest BCUT2D eigenvalue weighted by Gasteiger charge is -2.22. The number of hydrogen-bond acceptors (Lipinski definition) is 5. The molecule has 1 aromatic carbocycles. The van der Waals surface area contributed by atoms with Gasteiger partial charge in [-0.05, 0) is 23.8 Å². The molecule has 27 heavy (non-hydrogen) atoms. The van der Waals surface area contributed by atoms with Gasteiger partial charge in [0.05, 0.1) is 31.8 Å². The number of nitrogens with zero attached hydrogens (tertiary/aromatic N) is 2. The minimum absolute atomic E-state index is 0.0806. The van der Waals surface area contributed by atoms with E-state index in [2.05, 4.69) is 4.90 Å². The van der Waals surface area contributed by atoms with Gasteiger partial charge >= 0.3 is 0 Å². The highest BCUT2D eigenvalue weighted by Gasteiger charge is 2.38. The van der Waals surface area contributed by atoms with Gasteiger partial charge in [-0.25, -0.2) is 0 Å². The number of methoxy groups -OCH3 is 1. The van der Waals surface area contributed by atoms with Crippen LogP contribution >= 0.6 is 0 Å². The first-order valence-electron chi connectivity index (χ1n) is 9.45. The number of carbonyl (C=O) groups is 1. The van der Waals surface area contributed by atoms with Crippen molar-refractivity contribution in [3.8, 4) is 0 Å². The highest BCUT2D eigenvalue weighted by Crippen LogP contribution is 2.26. The van der Waals surface area contributed by atoms with E-state index in [1.165, 1.54) is 5.56 Å². The van der Waals surface area contributed by atoms with E-state index in [4.69, 9.17) is 13.9 Å². The number of fused-ring (bicyclic) bond motifs is 1. The number of ether oxygens (including phenoxy) is 2. The third-order valence-electron chi connectivity index (χ3n) is 5.40. The van der Waals surface area contributed by atoms with E-state index in [-0.39, 0.29) is 12.0 Å². The van der Waals surface area contributed by atoms with Crippen LogP contribution in [-0.4, -0.2) is 61.7 Å². The lowest BCUT2D eigenvalue weighted by atomic mass is 10.1. The first kappa shape index (κ1) is 18.2. The standard InChI is InChI=1S/C21H26N2O4/c1-25-14-16-2-4-18(5-3-16)21(24)23-12-19-11-22(7-9-27-20(19)13-23)10-17-6-8-26-15-17/h2-6,8,15,19-20H,7,9-14H2,1H3/t19-,20+/m0/s1. The molecule has 3 heterocycles. The molecular formula is C21H26N2O4. The van der Waals surface area contributed by atoms with Crippen molar-refractivity contribution in [2.45, 2.75) is 19.3 Å². The predicted octanol–water partition coefficient (Wildman–Crippen LogP) is 2.40. The molecule has 2 aliphatic heterocycles.